The molecule has 0 radical (unpaired) electrons. The molecule has 2 saturated carbocycles. The van der Waals surface area contributed by atoms with Gasteiger partial charge in [-0.3, -0.25) is 9.59 Å². The van der Waals surface area contributed by atoms with Gasteiger partial charge >= 0.3 is 5.97 Å². The van der Waals surface area contributed by atoms with Crippen LogP contribution in [-0.2, 0) is 9.59 Å². The average molecular weight is 281 g/mol. The summed E-state index contributed by atoms with van der Waals surface area (Å²) in [5.74, 6) is -0.838. The van der Waals surface area contributed by atoms with Crippen LogP contribution >= 0.6 is 0 Å². The van der Waals surface area contributed by atoms with Crippen molar-refractivity contribution in [1.29, 1.82) is 0 Å². The molecular formula is C16H27NO3. The molecule has 20 heavy (non-hydrogen) atoms. The summed E-state index contributed by atoms with van der Waals surface area (Å²) in [6.07, 6.45) is 7.19. The van der Waals surface area contributed by atoms with Crippen molar-refractivity contribution in [1.82, 2.24) is 5.32 Å². The summed E-state index contributed by atoms with van der Waals surface area (Å²) in [5, 5.41) is 12.4. The van der Waals surface area contributed by atoms with Gasteiger partial charge < -0.3 is 10.4 Å². The van der Waals surface area contributed by atoms with E-state index in [1.165, 1.54) is 19.3 Å². The molecule has 2 N–H and O–H groups in total. The number of carboxylic acid groups (broad SMARTS) is 1. The number of carboxylic acids is 1. The van der Waals surface area contributed by atoms with Crippen LogP contribution in [0.4, 0.5) is 0 Å². The molecule has 4 nitrogen and oxygen atoms in total. The van der Waals surface area contributed by atoms with Gasteiger partial charge in [-0.15, -0.1) is 0 Å². The van der Waals surface area contributed by atoms with Gasteiger partial charge in [0.2, 0.25) is 5.91 Å². The molecule has 2 aliphatic rings. The molecule has 0 aromatic rings. The van der Waals surface area contributed by atoms with Crippen molar-refractivity contribution in [3.63, 3.8) is 0 Å². The Hall–Kier alpha value is -1.06. The van der Waals surface area contributed by atoms with Crippen molar-refractivity contribution in [2.24, 2.45) is 23.7 Å². The van der Waals surface area contributed by atoms with Crippen molar-refractivity contribution in [3.05, 3.63) is 0 Å². The van der Waals surface area contributed by atoms with Crippen LogP contribution in [0.25, 0.3) is 0 Å². The quantitative estimate of drug-likeness (QED) is 0.782. The molecule has 5 atom stereocenters. The highest BCUT2D eigenvalue weighted by atomic mass is 16.4. The third kappa shape index (κ3) is 3.53. The first-order valence-corrected chi connectivity index (χ1v) is 8.02. The summed E-state index contributed by atoms with van der Waals surface area (Å²) in [6, 6.07) is 0.232. The first-order chi connectivity index (χ1) is 9.49. The number of hydrogen-bond acceptors (Lipinski definition) is 2. The molecule has 2 fully saturated rings. The molecule has 0 heterocycles. The lowest BCUT2D eigenvalue weighted by molar-refractivity contribution is -0.146. The number of rotatable bonds is 3. The summed E-state index contributed by atoms with van der Waals surface area (Å²) in [5.41, 5.74) is 0. The van der Waals surface area contributed by atoms with Gasteiger partial charge in [-0.2, -0.15) is 0 Å². The van der Waals surface area contributed by atoms with Crippen LogP contribution in [0.15, 0.2) is 0 Å². The van der Waals surface area contributed by atoms with E-state index in [1.807, 2.05) is 6.92 Å². The van der Waals surface area contributed by atoms with Crippen LogP contribution in [0.2, 0.25) is 0 Å². The molecule has 0 aliphatic heterocycles. The molecule has 1 amide bonds. The van der Waals surface area contributed by atoms with Crippen LogP contribution in [0.3, 0.4) is 0 Å². The van der Waals surface area contributed by atoms with E-state index in [0.29, 0.717) is 24.7 Å². The molecule has 2 rings (SSSR count). The zero-order chi connectivity index (χ0) is 14.7. The number of aliphatic carboxylic acids is 1. The second-order valence-electron chi connectivity index (χ2n) is 6.86. The molecule has 0 spiro atoms. The Morgan fingerprint density at radius 3 is 2.35 bits per heavy atom. The number of hydrogen-bond donors (Lipinski definition) is 2. The van der Waals surface area contributed by atoms with Gasteiger partial charge in [-0.05, 0) is 37.5 Å². The van der Waals surface area contributed by atoms with Gasteiger partial charge in [0.05, 0.1) is 11.8 Å². The fourth-order valence-electron chi connectivity index (χ4n) is 3.85. The molecule has 2 aliphatic carbocycles. The lowest BCUT2D eigenvalue weighted by atomic mass is 9.92. The maximum atomic E-state index is 12.5. The Labute approximate surface area is 121 Å². The monoisotopic (exact) mass is 281 g/mol. The molecule has 0 saturated heterocycles. The maximum Gasteiger partial charge on any atom is 0.307 e. The third-order valence-electron chi connectivity index (χ3n) is 5.14. The van der Waals surface area contributed by atoms with E-state index in [9.17, 15) is 14.7 Å². The van der Waals surface area contributed by atoms with Gasteiger partial charge in [-0.1, -0.05) is 33.1 Å². The second kappa shape index (κ2) is 6.59. The summed E-state index contributed by atoms with van der Waals surface area (Å²) < 4.78 is 0. The molecule has 4 heteroatoms. The van der Waals surface area contributed by atoms with E-state index >= 15 is 0 Å². The van der Waals surface area contributed by atoms with Gasteiger partial charge in [0.25, 0.3) is 0 Å². The van der Waals surface area contributed by atoms with Crippen molar-refractivity contribution >= 4 is 11.9 Å². The number of amides is 1. The predicted molar refractivity (Wildman–Crippen MR) is 77.2 cm³/mol. The van der Waals surface area contributed by atoms with Crippen LogP contribution in [0, 0.1) is 23.7 Å². The van der Waals surface area contributed by atoms with E-state index in [0.717, 1.165) is 12.8 Å². The Balaban J connectivity index is 1.97. The van der Waals surface area contributed by atoms with Crippen molar-refractivity contribution in [2.75, 3.05) is 0 Å². The van der Waals surface area contributed by atoms with Crippen LogP contribution in [0.1, 0.15) is 58.8 Å². The van der Waals surface area contributed by atoms with E-state index < -0.39 is 11.9 Å². The summed E-state index contributed by atoms with van der Waals surface area (Å²) in [4.78, 5) is 23.8. The Kier molecular flexibility index (Phi) is 5.06. The number of nitrogens with one attached hydrogen (secondary N) is 1. The van der Waals surface area contributed by atoms with E-state index in [-0.39, 0.29) is 17.9 Å². The lowest BCUT2D eigenvalue weighted by Crippen LogP contribution is -2.43. The number of carbonyl (C=O) groups excluding carboxylic acids is 1. The summed E-state index contributed by atoms with van der Waals surface area (Å²) >= 11 is 0. The largest absolute Gasteiger partial charge is 0.481 e. The fourth-order valence-corrected chi connectivity index (χ4v) is 3.85. The fraction of sp³-hybridized carbons (Fsp3) is 0.875. The van der Waals surface area contributed by atoms with Crippen molar-refractivity contribution < 1.29 is 14.7 Å². The average Bonchev–Trinajstić information content (AvgIpc) is 2.68. The molecule has 0 aromatic heterocycles. The minimum atomic E-state index is -0.816. The highest BCUT2D eigenvalue weighted by Crippen LogP contribution is 2.37. The molecular weight excluding hydrogens is 254 g/mol. The SMILES string of the molecule is CC1CC(C(=O)O)C(C(=O)NC2CCCCCC2C)C1. The number of carbonyl (C=O) groups is 2. The molecule has 5 unspecified atom stereocenters. The van der Waals surface area contributed by atoms with Gasteiger partial charge in [0.15, 0.2) is 0 Å². The zero-order valence-electron chi connectivity index (χ0n) is 12.6. The Morgan fingerprint density at radius 1 is 1.00 bits per heavy atom. The smallest absolute Gasteiger partial charge is 0.307 e. The minimum absolute atomic E-state index is 0.0273. The standard InChI is InChI=1S/C16H27NO3/c1-10-8-12(13(9-10)16(19)20)15(18)17-14-7-5-3-4-6-11(14)2/h10-14H,3-9H2,1-2H3,(H,17,18)(H,19,20). The minimum Gasteiger partial charge on any atom is -0.481 e. The summed E-state index contributed by atoms with van der Waals surface area (Å²) in [6.45, 7) is 4.24. The van der Waals surface area contributed by atoms with E-state index in [2.05, 4.69) is 12.2 Å². The highest BCUT2D eigenvalue weighted by Gasteiger charge is 2.41. The van der Waals surface area contributed by atoms with E-state index in [1.54, 1.807) is 0 Å². The lowest BCUT2D eigenvalue weighted by Gasteiger charge is -2.25. The topological polar surface area (TPSA) is 66.4 Å². The third-order valence-corrected chi connectivity index (χ3v) is 5.14. The summed E-state index contributed by atoms with van der Waals surface area (Å²) in [7, 11) is 0. The van der Waals surface area contributed by atoms with Gasteiger partial charge in [-0.25, -0.2) is 0 Å². The second-order valence-corrected chi connectivity index (χ2v) is 6.86. The highest BCUT2D eigenvalue weighted by molar-refractivity contribution is 5.85. The molecule has 114 valence electrons. The molecule has 0 aromatic carbocycles. The van der Waals surface area contributed by atoms with Gasteiger partial charge in [0, 0.05) is 6.04 Å². The normalized spacial score (nSPS) is 38.2. The molecule has 0 bridgehead atoms. The van der Waals surface area contributed by atoms with Crippen LogP contribution in [0.5, 0.6) is 0 Å². The van der Waals surface area contributed by atoms with Crippen LogP contribution in [-0.4, -0.2) is 23.0 Å². The Morgan fingerprint density at radius 2 is 1.65 bits per heavy atom. The predicted octanol–water partition coefficient (Wildman–Crippen LogP) is 2.82. The maximum absolute atomic E-state index is 12.5. The van der Waals surface area contributed by atoms with Gasteiger partial charge in [0.1, 0.15) is 0 Å². The Bertz CT molecular complexity index is 369. The van der Waals surface area contributed by atoms with Crippen molar-refractivity contribution in [2.45, 2.75) is 64.8 Å². The van der Waals surface area contributed by atoms with Crippen molar-refractivity contribution in [3.8, 4) is 0 Å². The zero-order valence-corrected chi connectivity index (χ0v) is 12.6. The first-order valence-electron chi connectivity index (χ1n) is 8.02. The van der Waals surface area contributed by atoms with E-state index in [4.69, 9.17) is 0 Å². The first kappa shape index (κ1) is 15.3. The van der Waals surface area contributed by atoms with Crippen LogP contribution < -0.4 is 5.32 Å².